The topological polar surface area (TPSA) is 95.9 Å². The number of morpholine rings is 1. The van der Waals surface area contributed by atoms with E-state index in [4.69, 9.17) is 4.74 Å². The van der Waals surface area contributed by atoms with E-state index in [1.165, 1.54) is 4.90 Å². The number of carbonyl (C=O) groups is 3. The van der Waals surface area contributed by atoms with Gasteiger partial charge in [-0.1, -0.05) is 0 Å². The van der Waals surface area contributed by atoms with E-state index in [1.54, 1.807) is 18.2 Å². The summed E-state index contributed by atoms with van der Waals surface area (Å²) < 4.78 is 5.14. The molecule has 0 aliphatic carbocycles. The second kappa shape index (κ2) is 5.76. The SMILES string of the molecule is O=C1CCc2cc(C(=O)N3CCOC[C@@H]3C(=O)O)ccc2N1. The standard InChI is InChI=1S/C15H16N2O5/c18-13-4-2-9-7-10(1-3-11(9)16-13)14(19)17-5-6-22-8-12(17)15(20)21/h1,3,7,12H,2,4-6,8H2,(H,16,18)(H,20,21)/t12-/m1/s1. The van der Waals surface area contributed by atoms with Crippen molar-refractivity contribution in [1.82, 2.24) is 4.90 Å². The number of carboxylic acids is 1. The zero-order chi connectivity index (χ0) is 15.7. The number of hydrogen-bond acceptors (Lipinski definition) is 4. The molecule has 1 saturated heterocycles. The van der Waals surface area contributed by atoms with Crippen LogP contribution in [0.4, 0.5) is 5.69 Å². The molecule has 0 spiro atoms. The second-order valence-electron chi connectivity index (χ2n) is 5.35. The van der Waals surface area contributed by atoms with Crippen LogP contribution in [0.25, 0.3) is 0 Å². The lowest BCUT2D eigenvalue weighted by Gasteiger charge is -2.33. The molecule has 7 heteroatoms. The summed E-state index contributed by atoms with van der Waals surface area (Å²) in [6, 6.07) is 4.07. The van der Waals surface area contributed by atoms with Crippen molar-refractivity contribution in [3.05, 3.63) is 29.3 Å². The van der Waals surface area contributed by atoms with Crippen molar-refractivity contribution in [3.8, 4) is 0 Å². The van der Waals surface area contributed by atoms with Crippen LogP contribution >= 0.6 is 0 Å². The van der Waals surface area contributed by atoms with E-state index in [0.29, 0.717) is 30.7 Å². The Balaban J connectivity index is 1.85. The van der Waals surface area contributed by atoms with Crippen molar-refractivity contribution >= 4 is 23.5 Å². The van der Waals surface area contributed by atoms with Crippen molar-refractivity contribution in [2.75, 3.05) is 25.1 Å². The number of fused-ring (bicyclic) bond motifs is 1. The number of amides is 2. The molecule has 2 N–H and O–H groups in total. The first-order chi connectivity index (χ1) is 10.6. The number of carbonyl (C=O) groups excluding carboxylic acids is 2. The summed E-state index contributed by atoms with van der Waals surface area (Å²) in [5, 5.41) is 12.0. The van der Waals surface area contributed by atoms with Gasteiger partial charge in [0.25, 0.3) is 5.91 Å². The van der Waals surface area contributed by atoms with Crippen LogP contribution in [0.2, 0.25) is 0 Å². The fourth-order valence-electron chi connectivity index (χ4n) is 2.73. The van der Waals surface area contributed by atoms with E-state index in [0.717, 1.165) is 5.56 Å². The van der Waals surface area contributed by atoms with Gasteiger partial charge in [0, 0.05) is 24.2 Å². The van der Waals surface area contributed by atoms with Gasteiger partial charge in [-0.2, -0.15) is 0 Å². The molecule has 7 nitrogen and oxygen atoms in total. The van der Waals surface area contributed by atoms with Crippen LogP contribution < -0.4 is 5.32 Å². The Labute approximate surface area is 126 Å². The fourth-order valence-corrected chi connectivity index (χ4v) is 2.73. The number of benzene rings is 1. The number of nitrogens with zero attached hydrogens (tertiary/aromatic N) is 1. The Hall–Kier alpha value is -2.41. The number of nitrogens with one attached hydrogen (secondary N) is 1. The van der Waals surface area contributed by atoms with Gasteiger partial charge in [-0.25, -0.2) is 4.79 Å². The molecule has 1 aromatic rings. The predicted octanol–water partition coefficient (Wildman–Crippen LogP) is 0.497. The number of aryl methyl sites for hydroxylation is 1. The van der Waals surface area contributed by atoms with Gasteiger partial charge in [-0.15, -0.1) is 0 Å². The van der Waals surface area contributed by atoms with Crippen molar-refractivity contribution in [1.29, 1.82) is 0 Å². The summed E-state index contributed by atoms with van der Waals surface area (Å²) in [4.78, 5) is 36.5. The minimum absolute atomic E-state index is 0.00205. The average molecular weight is 304 g/mol. The molecule has 22 heavy (non-hydrogen) atoms. The van der Waals surface area contributed by atoms with Crippen molar-refractivity contribution < 1.29 is 24.2 Å². The molecule has 1 aromatic carbocycles. The molecular formula is C15H16N2O5. The van der Waals surface area contributed by atoms with Crippen LogP contribution in [0.1, 0.15) is 22.3 Å². The summed E-state index contributed by atoms with van der Waals surface area (Å²) >= 11 is 0. The predicted molar refractivity (Wildman–Crippen MR) is 76.7 cm³/mol. The maximum absolute atomic E-state index is 12.6. The van der Waals surface area contributed by atoms with Gasteiger partial charge < -0.3 is 20.1 Å². The first-order valence-corrected chi connectivity index (χ1v) is 7.10. The Bertz CT molecular complexity index is 643. The van der Waals surface area contributed by atoms with Crippen LogP contribution in [0.5, 0.6) is 0 Å². The van der Waals surface area contributed by atoms with Gasteiger partial charge in [0.05, 0.1) is 13.2 Å². The highest BCUT2D eigenvalue weighted by Crippen LogP contribution is 2.24. The minimum Gasteiger partial charge on any atom is -0.480 e. The largest absolute Gasteiger partial charge is 0.480 e. The van der Waals surface area contributed by atoms with Crippen molar-refractivity contribution in [3.63, 3.8) is 0 Å². The highest BCUT2D eigenvalue weighted by Gasteiger charge is 2.33. The van der Waals surface area contributed by atoms with Gasteiger partial charge in [0.15, 0.2) is 6.04 Å². The van der Waals surface area contributed by atoms with Gasteiger partial charge in [0.2, 0.25) is 5.91 Å². The van der Waals surface area contributed by atoms with E-state index >= 15 is 0 Å². The number of hydrogen-bond donors (Lipinski definition) is 2. The van der Waals surface area contributed by atoms with Crippen molar-refractivity contribution in [2.24, 2.45) is 0 Å². The summed E-state index contributed by atoms with van der Waals surface area (Å²) in [5.41, 5.74) is 2.04. The van der Waals surface area contributed by atoms with E-state index in [2.05, 4.69) is 5.32 Å². The quantitative estimate of drug-likeness (QED) is 0.829. The number of anilines is 1. The molecule has 116 valence electrons. The van der Waals surface area contributed by atoms with E-state index < -0.39 is 12.0 Å². The van der Waals surface area contributed by atoms with E-state index in [1.807, 2.05) is 0 Å². The van der Waals surface area contributed by atoms with E-state index in [-0.39, 0.29) is 25.0 Å². The normalized spacial score (nSPS) is 21.0. The van der Waals surface area contributed by atoms with Gasteiger partial charge >= 0.3 is 5.97 Å². The van der Waals surface area contributed by atoms with E-state index in [9.17, 15) is 19.5 Å². The second-order valence-corrected chi connectivity index (χ2v) is 5.35. The number of carboxylic acid groups (broad SMARTS) is 1. The van der Waals surface area contributed by atoms with Crippen LogP contribution in [-0.2, 0) is 20.7 Å². The van der Waals surface area contributed by atoms with Gasteiger partial charge in [-0.3, -0.25) is 9.59 Å². The third kappa shape index (κ3) is 2.67. The van der Waals surface area contributed by atoms with Gasteiger partial charge in [-0.05, 0) is 30.2 Å². The van der Waals surface area contributed by atoms with Crippen molar-refractivity contribution in [2.45, 2.75) is 18.9 Å². The molecule has 2 heterocycles. The summed E-state index contributed by atoms with van der Waals surface area (Å²) in [5.74, 6) is -1.43. The average Bonchev–Trinajstić information content (AvgIpc) is 2.53. The molecule has 2 amide bonds. The molecule has 2 aliphatic heterocycles. The van der Waals surface area contributed by atoms with Crippen LogP contribution in [-0.4, -0.2) is 53.6 Å². The Morgan fingerprint density at radius 1 is 1.32 bits per heavy atom. The first kappa shape index (κ1) is 14.5. The lowest BCUT2D eigenvalue weighted by molar-refractivity contribution is -0.147. The molecule has 0 saturated carbocycles. The first-order valence-electron chi connectivity index (χ1n) is 7.10. The summed E-state index contributed by atoms with van der Waals surface area (Å²) in [6.07, 6.45) is 0.966. The molecule has 2 aliphatic rings. The third-order valence-corrected chi connectivity index (χ3v) is 3.92. The monoisotopic (exact) mass is 304 g/mol. The molecule has 0 bridgehead atoms. The van der Waals surface area contributed by atoms with Gasteiger partial charge in [0.1, 0.15) is 0 Å². The maximum Gasteiger partial charge on any atom is 0.328 e. The number of aliphatic carboxylic acids is 1. The zero-order valence-corrected chi connectivity index (χ0v) is 11.9. The summed E-state index contributed by atoms with van der Waals surface area (Å²) in [6.45, 7) is 0.586. The van der Waals surface area contributed by atoms with Crippen LogP contribution in [0.15, 0.2) is 18.2 Å². The smallest absolute Gasteiger partial charge is 0.328 e. The zero-order valence-electron chi connectivity index (χ0n) is 11.9. The number of ether oxygens (including phenoxy) is 1. The summed E-state index contributed by atoms with van der Waals surface area (Å²) in [7, 11) is 0. The van der Waals surface area contributed by atoms with Crippen LogP contribution in [0.3, 0.4) is 0 Å². The molecule has 1 atom stereocenters. The Morgan fingerprint density at radius 2 is 2.14 bits per heavy atom. The molecule has 1 fully saturated rings. The lowest BCUT2D eigenvalue weighted by Crippen LogP contribution is -2.52. The third-order valence-electron chi connectivity index (χ3n) is 3.92. The number of rotatable bonds is 2. The Kier molecular flexibility index (Phi) is 3.81. The highest BCUT2D eigenvalue weighted by molar-refractivity contribution is 5.99. The molecule has 3 rings (SSSR count). The maximum atomic E-state index is 12.6. The molecule has 0 aromatic heterocycles. The lowest BCUT2D eigenvalue weighted by atomic mass is 9.99. The molecular weight excluding hydrogens is 288 g/mol. The molecule has 0 radical (unpaired) electrons. The highest BCUT2D eigenvalue weighted by atomic mass is 16.5. The molecule has 0 unspecified atom stereocenters. The minimum atomic E-state index is -1.07. The Morgan fingerprint density at radius 3 is 2.91 bits per heavy atom. The fraction of sp³-hybridized carbons (Fsp3) is 0.400. The van der Waals surface area contributed by atoms with Crippen LogP contribution in [0, 0.1) is 0 Å².